The van der Waals surface area contributed by atoms with Gasteiger partial charge in [0, 0.05) is 13.6 Å². The molecule has 0 spiro atoms. The molecule has 0 aliphatic carbocycles. The van der Waals surface area contributed by atoms with Crippen LogP contribution in [0.3, 0.4) is 0 Å². The fourth-order valence-corrected chi connectivity index (χ4v) is 1.09. The second-order valence-corrected chi connectivity index (χ2v) is 3.40. The highest BCUT2D eigenvalue weighted by Crippen LogP contribution is 1.99. The monoisotopic (exact) mass is 262 g/mol. The van der Waals surface area contributed by atoms with Crippen molar-refractivity contribution >= 4 is 11.9 Å². The largest absolute Gasteiger partial charge is 0.365 e. The van der Waals surface area contributed by atoms with E-state index in [0.29, 0.717) is 12.8 Å². The first-order valence-corrected chi connectivity index (χ1v) is 5.16. The average molecular weight is 262 g/mol. The van der Waals surface area contributed by atoms with Gasteiger partial charge in [-0.25, -0.2) is 20.2 Å². The number of nitro groups is 1. The highest BCUT2D eigenvalue weighted by molar-refractivity contribution is 5.80. The molecule has 104 valence electrons. The van der Waals surface area contributed by atoms with Gasteiger partial charge in [-0.2, -0.15) is 0 Å². The molecule has 0 heterocycles. The minimum Gasteiger partial charge on any atom is -0.365 e. The van der Waals surface area contributed by atoms with Crippen LogP contribution in [-0.2, 0) is 9.63 Å². The number of rotatable bonds is 7. The maximum atomic E-state index is 11.5. The second kappa shape index (κ2) is 8.20. The van der Waals surface area contributed by atoms with Gasteiger partial charge in [-0.1, -0.05) is 5.43 Å². The molecule has 0 aromatic heterocycles. The number of carbonyl (C=O) groups excluding carboxylic acids is 1. The zero-order valence-corrected chi connectivity index (χ0v) is 10.3. The van der Waals surface area contributed by atoms with Crippen molar-refractivity contribution < 1.29 is 14.7 Å². The van der Waals surface area contributed by atoms with Gasteiger partial charge in [-0.3, -0.25) is 9.63 Å². The summed E-state index contributed by atoms with van der Waals surface area (Å²) in [6.45, 7) is 0.240. The lowest BCUT2D eigenvalue weighted by molar-refractivity contribution is -0.525. The number of amides is 1. The molecule has 0 aromatic rings. The number of guanidine groups is 1. The molecule has 0 bridgehead atoms. The van der Waals surface area contributed by atoms with Gasteiger partial charge < -0.3 is 11.5 Å². The van der Waals surface area contributed by atoms with Gasteiger partial charge in [0.2, 0.25) is 0 Å². The first kappa shape index (κ1) is 16.1. The van der Waals surface area contributed by atoms with Gasteiger partial charge in [-0.15, -0.1) is 0 Å². The fourth-order valence-electron chi connectivity index (χ4n) is 1.09. The molecule has 0 saturated heterocycles. The van der Waals surface area contributed by atoms with Gasteiger partial charge in [0.1, 0.15) is 0 Å². The Morgan fingerprint density at radius 2 is 2.28 bits per heavy atom. The van der Waals surface area contributed by atoms with Crippen LogP contribution in [0, 0.1) is 10.1 Å². The van der Waals surface area contributed by atoms with E-state index in [4.69, 9.17) is 16.3 Å². The summed E-state index contributed by atoms with van der Waals surface area (Å²) in [5.41, 5.74) is 12.5. The maximum Gasteiger partial charge on any atom is 0.262 e. The minimum absolute atomic E-state index is 0.240. The number of hydrogen-bond acceptors (Lipinski definition) is 6. The topological polar surface area (TPSA) is 149 Å². The highest BCUT2D eigenvalue weighted by Gasteiger charge is 2.17. The number of hydrazine groups is 1. The van der Waals surface area contributed by atoms with E-state index in [9.17, 15) is 14.9 Å². The maximum absolute atomic E-state index is 11.5. The Kier molecular flexibility index (Phi) is 7.31. The molecular weight excluding hydrogens is 244 g/mol. The molecule has 0 aliphatic heterocycles. The van der Waals surface area contributed by atoms with E-state index in [1.54, 1.807) is 5.43 Å². The number of nitrogens with two attached hydrogens (primary N) is 2. The Labute approximate surface area is 104 Å². The Morgan fingerprint density at radius 3 is 2.78 bits per heavy atom. The van der Waals surface area contributed by atoms with Crippen LogP contribution in [0.4, 0.5) is 0 Å². The normalized spacial score (nSPS) is 12.9. The second-order valence-electron chi connectivity index (χ2n) is 3.40. The minimum atomic E-state index is -0.804. The van der Waals surface area contributed by atoms with Crippen LogP contribution >= 0.6 is 0 Å². The summed E-state index contributed by atoms with van der Waals surface area (Å²) in [6, 6.07) is -0.699. The first-order valence-electron chi connectivity index (χ1n) is 5.16. The third-order valence-electron chi connectivity index (χ3n) is 2.06. The van der Waals surface area contributed by atoms with Crippen molar-refractivity contribution in [2.75, 3.05) is 20.7 Å². The number of nitrogens with zero attached hydrogens (tertiary/aromatic N) is 3. The van der Waals surface area contributed by atoms with E-state index >= 15 is 0 Å². The number of aliphatic imine (C=N–C) groups is 1. The number of carbonyl (C=O) groups is 1. The van der Waals surface area contributed by atoms with E-state index in [1.807, 2.05) is 0 Å². The zero-order chi connectivity index (χ0) is 14.1. The van der Waals surface area contributed by atoms with E-state index in [0.717, 1.165) is 5.06 Å². The SMILES string of the molecule is CON(C)C(=O)C(N)CCCN=C(N)N[N+](=O)[O-]. The lowest BCUT2D eigenvalue weighted by Gasteiger charge is -2.18. The number of hydroxylamine groups is 2. The van der Waals surface area contributed by atoms with Crippen molar-refractivity contribution in [3.8, 4) is 0 Å². The van der Waals surface area contributed by atoms with Gasteiger partial charge in [-0.05, 0) is 12.8 Å². The van der Waals surface area contributed by atoms with E-state index in [2.05, 4.69) is 4.99 Å². The van der Waals surface area contributed by atoms with Crippen molar-refractivity contribution in [3.63, 3.8) is 0 Å². The van der Waals surface area contributed by atoms with Gasteiger partial charge in [0.25, 0.3) is 11.9 Å². The quantitative estimate of drug-likeness (QED) is 0.161. The lowest BCUT2D eigenvalue weighted by atomic mass is 10.1. The van der Waals surface area contributed by atoms with Crippen molar-refractivity contribution in [1.82, 2.24) is 10.5 Å². The molecule has 0 radical (unpaired) electrons. The van der Waals surface area contributed by atoms with Gasteiger partial charge >= 0.3 is 0 Å². The Morgan fingerprint density at radius 1 is 1.67 bits per heavy atom. The number of nitrogens with one attached hydrogen (secondary N) is 1. The number of likely N-dealkylation sites (N-methyl/N-ethyl adjacent to an activating group) is 1. The standard InChI is InChI=1S/C8H18N6O4/c1-13(18-2)7(15)6(9)4-3-5-11-8(10)12-14(16)17/h6H,3-5,9H2,1-2H3,(H3,10,11,12). The van der Waals surface area contributed by atoms with Crippen LogP contribution in [0.25, 0.3) is 0 Å². The highest BCUT2D eigenvalue weighted by atomic mass is 16.7. The predicted molar refractivity (Wildman–Crippen MR) is 63.6 cm³/mol. The molecule has 0 aromatic carbocycles. The molecule has 0 saturated carbocycles. The van der Waals surface area contributed by atoms with Crippen LogP contribution in [-0.4, -0.2) is 48.7 Å². The summed E-state index contributed by atoms with van der Waals surface area (Å²) in [4.78, 5) is 29.8. The zero-order valence-electron chi connectivity index (χ0n) is 10.3. The summed E-state index contributed by atoms with van der Waals surface area (Å²) in [5, 5.41) is 10.2. The molecule has 10 nitrogen and oxygen atoms in total. The summed E-state index contributed by atoms with van der Waals surface area (Å²) < 4.78 is 0. The molecular formula is C8H18N6O4. The Hall–Kier alpha value is -1.94. The molecule has 0 fully saturated rings. The molecule has 0 aliphatic rings. The Balaban J connectivity index is 3.91. The summed E-state index contributed by atoms with van der Waals surface area (Å²) >= 11 is 0. The van der Waals surface area contributed by atoms with Crippen molar-refractivity contribution in [2.24, 2.45) is 16.5 Å². The number of hydrogen-bond donors (Lipinski definition) is 3. The van der Waals surface area contributed by atoms with Crippen LogP contribution in [0.2, 0.25) is 0 Å². The van der Waals surface area contributed by atoms with Crippen LogP contribution < -0.4 is 16.9 Å². The fraction of sp³-hybridized carbons (Fsp3) is 0.750. The van der Waals surface area contributed by atoms with Crippen LogP contribution in [0.1, 0.15) is 12.8 Å². The van der Waals surface area contributed by atoms with Crippen LogP contribution in [0.15, 0.2) is 4.99 Å². The van der Waals surface area contributed by atoms with Crippen molar-refractivity contribution in [2.45, 2.75) is 18.9 Å². The Bertz CT molecular complexity index is 321. The first-order chi connectivity index (χ1) is 8.38. The van der Waals surface area contributed by atoms with Crippen molar-refractivity contribution in [1.29, 1.82) is 0 Å². The van der Waals surface area contributed by atoms with Crippen LogP contribution in [0.5, 0.6) is 0 Å². The molecule has 5 N–H and O–H groups in total. The molecule has 18 heavy (non-hydrogen) atoms. The third-order valence-corrected chi connectivity index (χ3v) is 2.06. The van der Waals surface area contributed by atoms with Crippen molar-refractivity contribution in [3.05, 3.63) is 10.1 Å². The summed E-state index contributed by atoms with van der Waals surface area (Å²) in [7, 11) is 2.82. The summed E-state index contributed by atoms with van der Waals surface area (Å²) in [6.07, 6.45) is 0.854. The predicted octanol–water partition coefficient (Wildman–Crippen LogP) is -1.79. The third kappa shape index (κ3) is 6.60. The molecule has 1 amide bonds. The molecule has 1 atom stereocenters. The average Bonchev–Trinajstić information content (AvgIpc) is 2.31. The molecule has 1 unspecified atom stereocenters. The molecule has 0 rings (SSSR count). The smallest absolute Gasteiger partial charge is 0.262 e. The van der Waals surface area contributed by atoms with E-state index in [-0.39, 0.29) is 18.4 Å². The molecule has 10 heteroatoms. The van der Waals surface area contributed by atoms with E-state index < -0.39 is 11.1 Å². The van der Waals surface area contributed by atoms with Gasteiger partial charge in [0.15, 0.2) is 5.03 Å². The van der Waals surface area contributed by atoms with Gasteiger partial charge in [0.05, 0.1) is 13.2 Å². The van der Waals surface area contributed by atoms with E-state index in [1.165, 1.54) is 14.2 Å². The summed E-state index contributed by atoms with van der Waals surface area (Å²) in [5.74, 6) is -0.633. The lowest BCUT2D eigenvalue weighted by Crippen LogP contribution is -2.41.